The molecule has 2 unspecified atom stereocenters. The van der Waals surface area contributed by atoms with E-state index >= 15 is 0 Å². The number of methoxy groups -OCH3 is 2. The molecular weight excluding hydrogens is 1770 g/mol. The van der Waals surface area contributed by atoms with Crippen molar-refractivity contribution in [2.45, 2.75) is 480 Å². The standard InChI is InChI=1S/C38H70N2O10.C37H68N2O10.C31H58N2O6/c1-14-27-38(12,45)32(41)22(3)29(40-50-26-16-15-17-39-20-26)21(2)18-36(10,44)31(35(7,8)9)23(4)30(24(5)34(43)48-27)49-28-19-37(11,46-13)33(42)25(6)47-28;1-14-26-37(12,44)31(40)21(3)28(39-49-25-15-16-38-19-25)20(2)17-35(10,43)30(34(7,8)9)22(4)29(23(5)33(42)47-26)48-27-18-36(11,45-13)32(41)24(6)46-27;1-12-23-30(10,36)26(34)22(5)33(11)18-19(2)17-29(9)25(28(6,7)8)20(3)24(21(4)27(35)37-23)38-31(39-29)13-15-32-16-14-31/h21-28,30-33,39,41-42,44-45H,14-20H2,1-13H3;20-27,29-32,38,40-41,43-44H,14-19H2,1-13H3;19-26,32,34,36H,12-18H2,1-11H3/t21-,22+,23+,24-,25+,26?,27-,28+,30+,31+,32-,33+,36-,37-,38-;20-,21+,22+,23-,24+,25?,26-,27+,29+,30+,31-,32+,35-,36-,37-;19-,20+,21-,22-,23-,24+,25+,26-,29-,30-/m111/s1. The molecule has 9 heterocycles. The lowest BCUT2D eigenvalue weighted by atomic mass is 9.60. The first kappa shape index (κ1) is 121. The van der Waals surface area contributed by atoms with Gasteiger partial charge >= 0.3 is 17.9 Å². The van der Waals surface area contributed by atoms with Gasteiger partial charge in [-0.3, -0.25) is 14.4 Å². The second kappa shape index (κ2) is 48.2. The van der Waals surface area contributed by atoms with Crippen LogP contribution in [0.25, 0.3) is 0 Å². The average Bonchev–Trinajstić information content (AvgIpc) is 1.58. The Hall–Kier alpha value is -3.53. The predicted octanol–water partition coefficient (Wildman–Crippen LogP) is 12.0. The van der Waals surface area contributed by atoms with Crippen LogP contribution in [0.4, 0.5) is 0 Å². The number of aliphatic hydroxyl groups excluding tert-OH is 5. The zero-order chi connectivity index (χ0) is 105. The number of ether oxygens (including phenoxy) is 11. The number of nitrogens with one attached hydrogen (secondary N) is 3. The molecule has 9 aliphatic heterocycles. The van der Waals surface area contributed by atoms with Gasteiger partial charge in [-0.2, -0.15) is 0 Å². The van der Waals surface area contributed by atoms with Gasteiger partial charge in [-0.1, -0.05) is 149 Å². The van der Waals surface area contributed by atoms with Gasteiger partial charge in [0.15, 0.2) is 18.4 Å². The van der Waals surface area contributed by atoms with Crippen LogP contribution in [0.1, 0.15) is 319 Å². The Morgan fingerprint density at radius 2 is 0.819 bits per heavy atom. The number of fused-ring (bicyclic) bond motifs is 3. The second-order valence-electron chi connectivity index (χ2n) is 49.0. The molecule has 40 atom stereocenters. The van der Waals surface area contributed by atoms with E-state index in [2.05, 4.69) is 114 Å². The number of rotatable bonds is 13. The van der Waals surface area contributed by atoms with Crippen molar-refractivity contribution in [1.82, 2.24) is 20.9 Å². The fraction of sp³-hybridized carbons (Fsp3) is 0.953. The maximum atomic E-state index is 14.1. The number of oxime groups is 2. The summed E-state index contributed by atoms with van der Waals surface area (Å²) in [6, 6.07) is -0.345. The van der Waals surface area contributed by atoms with Crippen LogP contribution in [0.5, 0.6) is 0 Å². The summed E-state index contributed by atoms with van der Waals surface area (Å²) in [4.78, 5) is 56.2. The first-order valence-corrected chi connectivity index (χ1v) is 52.4. The molecule has 0 aromatic heterocycles. The quantitative estimate of drug-likeness (QED) is 0.0463. The van der Waals surface area contributed by atoms with E-state index in [4.69, 9.17) is 61.8 Å². The number of nitrogens with zero attached hydrogens (tertiary/aromatic N) is 3. The fourth-order valence-electron chi connectivity index (χ4n) is 26.8. The summed E-state index contributed by atoms with van der Waals surface area (Å²) in [5.74, 6) is -8.15. The van der Waals surface area contributed by atoms with E-state index in [0.717, 1.165) is 58.4 Å². The number of esters is 3. The van der Waals surface area contributed by atoms with E-state index in [0.29, 0.717) is 43.8 Å². The van der Waals surface area contributed by atoms with Crippen molar-refractivity contribution < 1.29 is 127 Å². The molecule has 9 saturated heterocycles. The van der Waals surface area contributed by atoms with Crippen molar-refractivity contribution in [2.24, 2.45) is 109 Å². The normalized spacial score (nSPS) is 46.7. The Kier molecular flexibility index (Phi) is 42.4. The van der Waals surface area contributed by atoms with Gasteiger partial charge in [0.1, 0.15) is 65.6 Å². The van der Waals surface area contributed by atoms with Crippen molar-refractivity contribution in [3.8, 4) is 0 Å². The van der Waals surface area contributed by atoms with Crippen LogP contribution < -0.4 is 16.0 Å². The van der Waals surface area contributed by atoms with E-state index in [1.54, 1.807) is 76.2 Å². The first-order chi connectivity index (χ1) is 63.4. The topological polar surface area (TPSA) is 438 Å². The summed E-state index contributed by atoms with van der Waals surface area (Å²) >= 11 is 0. The van der Waals surface area contributed by atoms with Gasteiger partial charge in [-0.05, 0) is 226 Å². The summed E-state index contributed by atoms with van der Waals surface area (Å²) in [6.07, 6.45) is -7.13. The molecule has 1 spiro atoms. The number of hydrogen-bond acceptors (Lipinski definition) is 32. The average molecular weight is 1970 g/mol. The summed E-state index contributed by atoms with van der Waals surface area (Å²) in [7, 11) is 5.06. The number of hydrogen-bond donors (Lipinski definition) is 13. The molecule has 9 rings (SSSR count). The molecule has 806 valence electrons. The van der Waals surface area contributed by atoms with Gasteiger partial charge < -0.3 is 134 Å². The molecule has 0 aromatic rings. The minimum atomic E-state index is -1.85. The minimum absolute atomic E-state index is 0.00645. The van der Waals surface area contributed by atoms with Crippen molar-refractivity contribution in [1.29, 1.82) is 0 Å². The van der Waals surface area contributed by atoms with E-state index in [1.165, 1.54) is 28.1 Å². The highest BCUT2D eigenvalue weighted by atomic mass is 16.7. The molecule has 0 aliphatic carbocycles. The minimum Gasteiger partial charge on any atom is -0.459 e. The molecule has 0 aromatic carbocycles. The lowest BCUT2D eigenvalue weighted by molar-refractivity contribution is -0.309. The Balaban J connectivity index is 0.000000284. The number of carbonyl (C=O) groups excluding carboxylic acids is 3. The third-order valence-corrected chi connectivity index (χ3v) is 33.6. The lowest BCUT2D eigenvalue weighted by Gasteiger charge is -2.51. The van der Waals surface area contributed by atoms with Gasteiger partial charge in [-0.25, -0.2) is 0 Å². The van der Waals surface area contributed by atoms with Crippen molar-refractivity contribution in [2.75, 3.05) is 67.1 Å². The Morgan fingerprint density at radius 1 is 0.449 bits per heavy atom. The molecule has 2 bridgehead atoms. The Bertz CT molecular complexity index is 3850. The summed E-state index contributed by atoms with van der Waals surface area (Å²) < 4.78 is 69.6. The Labute approximate surface area is 829 Å². The molecule has 13 N–H and O–H groups in total. The maximum Gasteiger partial charge on any atom is 0.311 e. The third-order valence-electron chi connectivity index (χ3n) is 33.6. The fourth-order valence-corrected chi connectivity index (χ4v) is 26.8. The summed E-state index contributed by atoms with van der Waals surface area (Å²) in [5, 5.41) is 136. The van der Waals surface area contributed by atoms with E-state index in [9.17, 15) is 65.4 Å². The van der Waals surface area contributed by atoms with Crippen LogP contribution in [0.2, 0.25) is 0 Å². The van der Waals surface area contributed by atoms with E-state index < -0.39 is 225 Å². The molecule has 0 radical (unpaired) electrons. The molecule has 32 nitrogen and oxygen atoms in total. The molecule has 32 heteroatoms. The molecule has 0 amide bonds. The zero-order valence-electron chi connectivity index (χ0n) is 92.0. The van der Waals surface area contributed by atoms with Crippen LogP contribution in [-0.2, 0) is 76.2 Å². The lowest BCUT2D eigenvalue weighted by Crippen LogP contribution is -2.59. The van der Waals surface area contributed by atoms with E-state index in [-0.39, 0.29) is 91.8 Å². The van der Waals surface area contributed by atoms with Crippen LogP contribution >= 0.6 is 0 Å². The van der Waals surface area contributed by atoms with Crippen LogP contribution in [-0.4, -0.2) is 313 Å². The Morgan fingerprint density at radius 3 is 1.17 bits per heavy atom. The highest BCUT2D eigenvalue weighted by Gasteiger charge is 2.62. The van der Waals surface area contributed by atoms with Crippen molar-refractivity contribution in [3.63, 3.8) is 0 Å². The second-order valence-corrected chi connectivity index (χ2v) is 49.0. The van der Waals surface area contributed by atoms with Gasteiger partial charge in [-0.15, -0.1) is 0 Å². The SMILES string of the molecule is CC[C@H]1OC(=O)[C@H](C)[C@@H](O[C@H]2C[C@@](C)(OC)[C@@H](O)[C@H](C)O2)[C@H](C)[C@@H](C(C)(C)C)[C@](C)(O)C[C@@H](C)C(=NOC2CCCNC2)[C@H](C)[C@@H](O)[C@]1(C)O.CC[C@H]1OC(=O)[C@H](C)[C@@H](O[C@H]2C[C@@](C)(OC)[C@@H](O)[C@H](C)O2)[C@H](C)[C@@H](C(C)(C)C)[C@](C)(O)C[C@@H](C)C(=NOC2CCNC2)[C@H](C)[C@@H](O)[C@]1(C)O.CC[C@H]1OC(=O)[C@H](C)[C@H]2OC3(CCNCC3)O[C@](C)(C[C@@H](C)CN(C)[C@H](C)[C@@H](O)[C@]1(C)O)[C@H](C(C)(C)C)[C@H]2C. The molecule has 138 heavy (non-hydrogen) atoms. The van der Waals surface area contributed by atoms with E-state index in [1.807, 2.05) is 69.4 Å². The van der Waals surface area contributed by atoms with Crippen LogP contribution in [0, 0.1) is 99.1 Å². The monoisotopic (exact) mass is 1970 g/mol. The highest BCUT2D eigenvalue weighted by Crippen LogP contribution is 2.56. The number of aliphatic hydroxyl groups is 10. The maximum absolute atomic E-state index is 14.1. The number of piperidine rings is 2. The van der Waals surface area contributed by atoms with Crippen molar-refractivity contribution in [3.05, 3.63) is 0 Å². The number of likely N-dealkylation sites (N-methyl/N-ethyl adjacent to an activating group) is 1. The third kappa shape index (κ3) is 28.5. The predicted molar refractivity (Wildman–Crippen MR) is 531 cm³/mol. The molecule has 9 fully saturated rings. The smallest absolute Gasteiger partial charge is 0.311 e. The molecule has 9 aliphatic rings. The van der Waals surface area contributed by atoms with Gasteiger partial charge in [0, 0.05) is 109 Å². The number of carbonyl (C=O) groups is 3. The van der Waals surface area contributed by atoms with Gasteiger partial charge in [0.05, 0.1) is 99.9 Å². The largest absolute Gasteiger partial charge is 0.459 e. The zero-order valence-corrected chi connectivity index (χ0v) is 92.0. The highest BCUT2D eigenvalue weighted by molar-refractivity contribution is 5.89. The summed E-state index contributed by atoms with van der Waals surface area (Å²) in [6.45, 7) is 70.7. The van der Waals surface area contributed by atoms with Crippen LogP contribution in [0.3, 0.4) is 0 Å². The van der Waals surface area contributed by atoms with Gasteiger partial charge in [0.25, 0.3) is 0 Å². The summed E-state index contributed by atoms with van der Waals surface area (Å²) in [5.41, 5.74) is -10.4. The molecule has 0 saturated carbocycles. The molecular formula is C106H196N6O26. The van der Waals surface area contributed by atoms with Crippen LogP contribution in [0.15, 0.2) is 10.3 Å². The number of cyclic esters (lactones) is 3. The van der Waals surface area contributed by atoms with Crippen molar-refractivity contribution >= 4 is 29.3 Å². The first-order valence-electron chi connectivity index (χ1n) is 52.4. The van der Waals surface area contributed by atoms with Gasteiger partial charge in [0.2, 0.25) is 0 Å².